The lowest BCUT2D eigenvalue weighted by Crippen LogP contribution is -2.39. The summed E-state index contributed by atoms with van der Waals surface area (Å²) in [4.78, 5) is 25.6. The second-order valence-corrected chi connectivity index (χ2v) is 6.45. The van der Waals surface area contributed by atoms with E-state index in [2.05, 4.69) is 10.6 Å². The third kappa shape index (κ3) is 8.37. The number of nitrogens with zero attached hydrogens (tertiary/aromatic N) is 1. The zero-order valence-corrected chi connectivity index (χ0v) is 15.9. The Morgan fingerprint density at radius 1 is 1.00 bits per heavy atom. The lowest BCUT2D eigenvalue weighted by atomic mass is 10.2. The first-order valence-corrected chi connectivity index (χ1v) is 9.02. The molecule has 2 aromatic rings. The molecule has 0 unspecified atom stereocenters. The van der Waals surface area contributed by atoms with E-state index in [0.29, 0.717) is 13.2 Å². The minimum Gasteiger partial charge on any atom is -0.494 e. The SMILES string of the molecule is Cc1cccc(OCCCNC(=O)CN(C)CC(=O)Nc2ccccc2)c1. The third-order valence-electron chi connectivity index (χ3n) is 3.79. The first kappa shape index (κ1) is 20.5. The molecule has 0 aliphatic rings. The number of amides is 2. The number of para-hydroxylation sites is 1. The quantitative estimate of drug-likeness (QED) is 0.631. The van der Waals surface area contributed by atoms with Crippen molar-refractivity contribution in [3.63, 3.8) is 0 Å². The van der Waals surface area contributed by atoms with Gasteiger partial charge in [-0.2, -0.15) is 0 Å². The van der Waals surface area contributed by atoms with E-state index in [-0.39, 0.29) is 24.9 Å². The standard InChI is InChI=1S/C21H27N3O3/c1-17-8-6-11-19(14-17)27-13-7-12-22-20(25)15-24(2)16-21(26)23-18-9-4-3-5-10-18/h3-6,8-11,14H,7,12-13,15-16H2,1-2H3,(H,22,25)(H,23,26). The maximum Gasteiger partial charge on any atom is 0.238 e. The zero-order chi connectivity index (χ0) is 19.5. The number of benzene rings is 2. The highest BCUT2D eigenvalue weighted by molar-refractivity contribution is 5.92. The van der Waals surface area contributed by atoms with Crippen LogP contribution in [0.15, 0.2) is 54.6 Å². The van der Waals surface area contributed by atoms with Crippen LogP contribution in [0, 0.1) is 6.92 Å². The van der Waals surface area contributed by atoms with Gasteiger partial charge in [-0.3, -0.25) is 14.5 Å². The van der Waals surface area contributed by atoms with Crippen LogP contribution in [0.1, 0.15) is 12.0 Å². The number of carbonyl (C=O) groups is 2. The number of hydrogen-bond donors (Lipinski definition) is 2. The molecule has 2 aromatic carbocycles. The van der Waals surface area contributed by atoms with Crippen molar-refractivity contribution < 1.29 is 14.3 Å². The largest absolute Gasteiger partial charge is 0.494 e. The molecular weight excluding hydrogens is 342 g/mol. The minimum absolute atomic E-state index is 0.111. The van der Waals surface area contributed by atoms with E-state index in [1.54, 1.807) is 11.9 Å². The molecule has 0 heterocycles. The van der Waals surface area contributed by atoms with Crippen LogP contribution in [0.3, 0.4) is 0 Å². The average molecular weight is 369 g/mol. The number of aryl methyl sites for hydroxylation is 1. The van der Waals surface area contributed by atoms with Crippen molar-refractivity contribution in [3.8, 4) is 5.75 Å². The lowest BCUT2D eigenvalue weighted by Gasteiger charge is -2.16. The molecular formula is C21H27N3O3. The van der Waals surface area contributed by atoms with Crippen molar-refractivity contribution >= 4 is 17.5 Å². The fraction of sp³-hybridized carbons (Fsp3) is 0.333. The fourth-order valence-electron chi connectivity index (χ4n) is 2.52. The van der Waals surface area contributed by atoms with Gasteiger partial charge in [0.25, 0.3) is 0 Å². The molecule has 2 rings (SSSR count). The first-order valence-electron chi connectivity index (χ1n) is 9.02. The number of likely N-dealkylation sites (N-methyl/N-ethyl adjacent to an activating group) is 1. The Bertz CT molecular complexity index is 734. The number of rotatable bonds is 10. The van der Waals surface area contributed by atoms with Crippen LogP contribution in [0.25, 0.3) is 0 Å². The summed E-state index contributed by atoms with van der Waals surface area (Å²) in [6, 6.07) is 17.1. The Hall–Kier alpha value is -2.86. The molecule has 2 amide bonds. The van der Waals surface area contributed by atoms with Gasteiger partial charge in [-0.15, -0.1) is 0 Å². The third-order valence-corrected chi connectivity index (χ3v) is 3.79. The number of nitrogens with one attached hydrogen (secondary N) is 2. The van der Waals surface area contributed by atoms with E-state index in [0.717, 1.165) is 23.4 Å². The Labute approximate surface area is 160 Å². The molecule has 0 atom stereocenters. The molecule has 0 saturated heterocycles. The highest BCUT2D eigenvalue weighted by atomic mass is 16.5. The summed E-state index contributed by atoms with van der Waals surface area (Å²) in [6.07, 6.45) is 0.720. The summed E-state index contributed by atoms with van der Waals surface area (Å²) in [5, 5.41) is 5.64. The van der Waals surface area contributed by atoms with E-state index in [4.69, 9.17) is 4.74 Å². The molecule has 0 fully saturated rings. The van der Waals surface area contributed by atoms with Crippen molar-refractivity contribution in [1.29, 1.82) is 0 Å². The molecule has 0 bridgehead atoms. The first-order chi connectivity index (χ1) is 13.0. The maximum atomic E-state index is 12.0. The highest BCUT2D eigenvalue weighted by Gasteiger charge is 2.10. The predicted octanol–water partition coefficient (Wildman–Crippen LogP) is 2.45. The molecule has 0 radical (unpaired) electrons. The molecule has 0 aliphatic heterocycles. The zero-order valence-electron chi connectivity index (χ0n) is 15.9. The van der Waals surface area contributed by atoms with Crippen LogP contribution in [0.5, 0.6) is 5.75 Å². The Morgan fingerprint density at radius 2 is 1.74 bits per heavy atom. The summed E-state index contributed by atoms with van der Waals surface area (Å²) in [5.74, 6) is 0.578. The lowest BCUT2D eigenvalue weighted by molar-refractivity contribution is -0.122. The van der Waals surface area contributed by atoms with E-state index < -0.39 is 0 Å². The summed E-state index contributed by atoms with van der Waals surface area (Å²) in [7, 11) is 1.74. The average Bonchev–Trinajstić information content (AvgIpc) is 2.62. The fourth-order valence-corrected chi connectivity index (χ4v) is 2.52. The summed E-state index contributed by atoms with van der Waals surface area (Å²) in [6.45, 7) is 3.41. The number of hydrogen-bond acceptors (Lipinski definition) is 4. The van der Waals surface area contributed by atoms with Gasteiger partial charge in [0.1, 0.15) is 5.75 Å². The molecule has 27 heavy (non-hydrogen) atoms. The molecule has 0 spiro atoms. The van der Waals surface area contributed by atoms with Crippen molar-refractivity contribution in [1.82, 2.24) is 10.2 Å². The number of carbonyl (C=O) groups excluding carboxylic acids is 2. The van der Waals surface area contributed by atoms with Gasteiger partial charge in [0, 0.05) is 12.2 Å². The monoisotopic (exact) mass is 369 g/mol. The van der Waals surface area contributed by atoms with Gasteiger partial charge in [-0.05, 0) is 50.2 Å². The number of ether oxygens (including phenoxy) is 1. The van der Waals surface area contributed by atoms with Crippen LogP contribution in [-0.2, 0) is 9.59 Å². The van der Waals surface area contributed by atoms with E-state index in [1.165, 1.54) is 0 Å². The summed E-state index contributed by atoms with van der Waals surface area (Å²) in [5.41, 5.74) is 1.90. The molecule has 0 aromatic heterocycles. The number of anilines is 1. The van der Waals surface area contributed by atoms with Crippen LogP contribution in [0.4, 0.5) is 5.69 Å². The van der Waals surface area contributed by atoms with Crippen LogP contribution in [0.2, 0.25) is 0 Å². The normalized spacial score (nSPS) is 10.5. The van der Waals surface area contributed by atoms with Gasteiger partial charge < -0.3 is 15.4 Å². The van der Waals surface area contributed by atoms with Gasteiger partial charge in [-0.1, -0.05) is 30.3 Å². The summed E-state index contributed by atoms with van der Waals surface area (Å²) < 4.78 is 5.64. The van der Waals surface area contributed by atoms with E-state index in [1.807, 2.05) is 61.5 Å². The smallest absolute Gasteiger partial charge is 0.238 e. The Balaban J connectivity index is 1.57. The molecule has 144 valence electrons. The predicted molar refractivity (Wildman–Crippen MR) is 107 cm³/mol. The topological polar surface area (TPSA) is 70.7 Å². The van der Waals surface area contributed by atoms with Gasteiger partial charge >= 0.3 is 0 Å². The van der Waals surface area contributed by atoms with Crippen LogP contribution >= 0.6 is 0 Å². The van der Waals surface area contributed by atoms with Crippen LogP contribution in [-0.4, -0.2) is 50.0 Å². The molecule has 6 nitrogen and oxygen atoms in total. The van der Waals surface area contributed by atoms with Gasteiger partial charge in [0.15, 0.2) is 0 Å². The Morgan fingerprint density at radius 3 is 2.48 bits per heavy atom. The minimum atomic E-state index is -0.150. The van der Waals surface area contributed by atoms with Gasteiger partial charge in [-0.25, -0.2) is 0 Å². The molecule has 0 aliphatic carbocycles. The molecule has 0 saturated carbocycles. The van der Waals surface area contributed by atoms with Gasteiger partial charge in [0.2, 0.25) is 11.8 Å². The van der Waals surface area contributed by atoms with Crippen molar-refractivity contribution in [2.24, 2.45) is 0 Å². The second kappa shape index (κ2) is 11.0. The van der Waals surface area contributed by atoms with E-state index in [9.17, 15) is 9.59 Å². The Kier molecular flexibility index (Phi) is 8.32. The summed E-state index contributed by atoms with van der Waals surface area (Å²) >= 11 is 0. The van der Waals surface area contributed by atoms with E-state index >= 15 is 0 Å². The van der Waals surface area contributed by atoms with Crippen LogP contribution < -0.4 is 15.4 Å². The van der Waals surface area contributed by atoms with Crippen molar-refractivity contribution in [2.45, 2.75) is 13.3 Å². The van der Waals surface area contributed by atoms with Gasteiger partial charge in [0.05, 0.1) is 19.7 Å². The molecule has 6 heteroatoms. The molecule has 2 N–H and O–H groups in total. The van der Waals surface area contributed by atoms with Crippen molar-refractivity contribution in [2.75, 3.05) is 38.6 Å². The van der Waals surface area contributed by atoms with Crippen molar-refractivity contribution in [3.05, 3.63) is 60.2 Å². The highest BCUT2D eigenvalue weighted by Crippen LogP contribution is 2.12. The second-order valence-electron chi connectivity index (χ2n) is 6.45. The maximum absolute atomic E-state index is 12.0.